The van der Waals surface area contributed by atoms with Crippen LogP contribution in [-0.2, 0) is 23.9 Å². The van der Waals surface area contributed by atoms with Gasteiger partial charge >= 0.3 is 5.97 Å². The first-order valence-corrected chi connectivity index (χ1v) is 15.4. The summed E-state index contributed by atoms with van der Waals surface area (Å²) in [7, 11) is 0. The lowest BCUT2D eigenvalue weighted by Gasteiger charge is -2.47. The molecule has 3 rings (SSSR count). The Morgan fingerprint density at radius 1 is 1.22 bits per heavy atom. The van der Waals surface area contributed by atoms with E-state index in [2.05, 4.69) is 33.9 Å². The summed E-state index contributed by atoms with van der Waals surface area (Å²) in [6.07, 6.45) is 7.33. The number of nitrogens with zero attached hydrogens (tertiary/aromatic N) is 2. The van der Waals surface area contributed by atoms with Crippen LogP contribution < -0.4 is 0 Å². The molecule has 8 nitrogen and oxygen atoms in total. The number of esters is 1. The summed E-state index contributed by atoms with van der Waals surface area (Å²) in [5, 5.41) is 10.6. The van der Waals surface area contributed by atoms with Crippen molar-refractivity contribution < 1.29 is 29.0 Å². The summed E-state index contributed by atoms with van der Waals surface area (Å²) in [6.45, 7) is 24.3. The Balaban J connectivity index is 2.14. The molecule has 2 bridgehead atoms. The molecule has 1 N–H and O–H groups in total. The average Bonchev–Trinajstić information content (AvgIpc) is 3.44. The number of hydrogen-bond donors (Lipinski definition) is 1. The van der Waals surface area contributed by atoms with Crippen molar-refractivity contribution in [3.63, 3.8) is 0 Å². The number of aliphatic hydroxyl groups is 1. The number of fused-ring (bicyclic) bond motifs is 1. The standard InChI is InChI=1S/C33H54N2O6/c1-11-14-15-19-40-29(39)25-24-27(37)35(23(20-36)22(4)13-3)26(33(24)17-16-32(25,10)41-33)28(38)34(18-12-2)31(8,9)21-30(5,6)7/h11-12,22-26,36H,1-2,13-21H2,3-10H3/t22-,23-,24-,25+,26?,32-,33?/m0/s1. The van der Waals surface area contributed by atoms with Crippen molar-refractivity contribution in [1.82, 2.24) is 9.80 Å². The van der Waals surface area contributed by atoms with Crippen LogP contribution in [0.3, 0.4) is 0 Å². The van der Waals surface area contributed by atoms with Crippen LogP contribution in [0.25, 0.3) is 0 Å². The zero-order chi connectivity index (χ0) is 31.0. The van der Waals surface area contributed by atoms with Crippen molar-refractivity contribution in [2.45, 2.75) is 123 Å². The fourth-order valence-electron chi connectivity index (χ4n) is 7.97. The monoisotopic (exact) mass is 574 g/mol. The van der Waals surface area contributed by atoms with Crippen molar-refractivity contribution in [3.05, 3.63) is 25.3 Å². The van der Waals surface area contributed by atoms with Crippen LogP contribution in [0, 0.1) is 23.2 Å². The summed E-state index contributed by atoms with van der Waals surface area (Å²) >= 11 is 0. The van der Waals surface area contributed by atoms with Crippen molar-refractivity contribution >= 4 is 17.8 Å². The van der Waals surface area contributed by atoms with E-state index in [1.54, 1.807) is 17.1 Å². The number of aliphatic hydroxyl groups excluding tert-OH is 1. The van der Waals surface area contributed by atoms with Gasteiger partial charge in [-0.2, -0.15) is 0 Å². The number of rotatable bonds is 14. The molecular formula is C33H54N2O6. The third-order valence-electron chi connectivity index (χ3n) is 9.62. The molecule has 3 aliphatic rings. The van der Waals surface area contributed by atoms with E-state index >= 15 is 0 Å². The summed E-state index contributed by atoms with van der Waals surface area (Å²) < 4.78 is 12.5. The van der Waals surface area contributed by atoms with E-state index in [4.69, 9.17) is 9.47 Å². The van der Waals surface area contributed by atoms with Gasteiger partial charge < -0.3 is 24.4 Å². The largest absolute Gasteiger partial charge is 0.465 e. The normalized spacial score (nSPS) is 30.6. The summed E-state index contributed by atoms with van der Waals surface area (Å²) in [5.74, 6) is -2.71. The zero-order valence-electron chi connectivity index (χ0n) is 26.7. The molecule has 0 saturated carbocycles. The molecule has 2 amide bonds. The molecule has 0 aromatic carbocycles. The number of carbonyl (C=O) groups is 3. The molecule has 3 saturated heterocycles. The van der Waals surface area contributed by atoms with Gasteiger partial charge in [-0.05, 0) is 64.2 Å². The first-order valence-electron chi connectivity index (χ1n) is 15.4. The lowest BCUT2D eigenvalue weighted by molar-refractivity contribution is -0.164. The topological polar surface area (TPSA) is 96.4 Å². The Morgan fingerprint density at radius 2 is 1.88 bits per heavy atom. The zero-order valence-corrected chi connectivity index (χ0v) is 26.7. The fourth-order valence-corrected chi connectivity index (χ4v) is 7.97. The van der Waals surface area contributed by atoms with Gasteiger partial charge in [0.25, 0.3) is 0 Å². The average molecular weight is 575 g/mol. The first kappa shape index (κ1) is 33.3. The lowest BCUT2D eigenvalue weighted by atomic mass is 9.66. The lowest BCUT2D eigenvalue weighted by Crippen LogP contribution is -2.63. The van der Waals surface area contributed by atoms with Crippen LogP contribution >= 0.6 is 0 Å². The maximum atomic E-state index is 14.9. The number of amides is 2. The molecule has 1 spiro atoms. The van der Waals surface area contributed by atoms with E-state index in [1.807, 2.05) is 39.5 Å². The molecule has 8 heteroatoms. The number of carbonyl (C=O) groups excluding carboxylic acids is 3. The molecule has 0 aromatic rings. The third kappa shape index (κ3) is 6.01. The second-order valence-corrected chi connectivity index (χ2v) is 14.5. The highest BCUT2D eigenvalue weighted by Gasteiger charge is 2.79. The van der Waals surface area contributed by atoms with Crippen molar-refractivity contribution in [3.8, 4) is 0 Å². The first-order chi connectivity index (χ1) is 19.0. The fraction of sp³-hybridized carbons (Fsp3) is 0.788. The smallest absolute Gasteiger partial charge is 0.312 e. The van der Waals surface area contributed by atoms with Gasteiger partial charge in [-0.25, -0.2) is 0 Å². The molecule has 41 heavy (non-hydrogen) atoms. The number of unbranched alkanes of at least 4 members (excludes halogenated alkanes) is 1. The second kappa shape index (κ2) is 12.2. The van der Waals surface area contributed by atoms with Crippen LogP contribution in [0.1, 0.15) is 93.9 Å². The Morgan fingerprint density at radius 3 is 2.41 bits per heavy atom. The second-order valence-electron chi connectivity index (χ2n) is 14.5. The third-order valence-corrected chi connectivity index (χ3v) is 9.62. The number of likely N-dealkylation sites (tertiary alicyclic amines) is 1. The number of allylic oxidation sites excluding steroid dienone is 1. The SMILES string of the molecule is C=CCCCOC(=O)[C@H]1[C@H]2C(=O)N([C@@H](CO)[C@@H](C)CC)C(C(=O)N(CC=C)C(C)(C)CC(C)(C)C)C23CC[C@]1(C)O3. The molecule has 2 unspecified atom stereocenters. The highest BCUT2D eigenvalue weighted by molar-refractivity contribution is 5.99. The van der Waals surface area contributed by atoms with Crippen LogP contribution in [0.15, 0.2) is 25.3 Å². The highest BCUT2D eigenvalue weighted by Crippen LogP contribution is 2.64. The van der Waals surface area contributed by atoms with Crippen LogP contribution in [0.2, 0.25) is 0 Å². The molecule has 7 atom stereocenters. The molecule has 0 radical (unpaired) electrons. The van der Waals surface area contributed by atoms with Gasteiger partial charge in [0, 0.05) is 12.1 Å². The quantitative estimate of drug-likeness (QED) is 0.180. The summed E-state index contributed by atoms with van der Waals surface area (Å²) in [6, 6.07) is -1.55. The minimum atomic E-state index is -1.17. The summed E-state index contributed by atoms with van der Waals surface area (Å²) in [4.78, 5) is 46.4. The van der Waals surface area contributed by atoms with E-state index in [-0.39, 0.29) is 36.4 Å². The molecule has 3 heterocycles. The Labute approximate surface area is 247 Å². The van der Waals surface area contributed by atoms with Crippen LogP contribution in [-0.4, -0.2) is 81.3 Å². The number of hydrogen-bond acceptors (Lipinski definition) is 6. The Hall–Kier alpha value is -2.19. The van der Waals surface area contributed by atoms with Crippen molar-refractivity contribution in [1.29, 1.82) is 0 Å². The Bertz CT molecular complexity index is 1020. The van der Waals surface area contributed by atoms with Crippen molar-refractivity contribution in [2.75, 3.05) is 19.8 Å². The van der Waals surface area contributed by atoms with Gasteiger partial charge in [0.15, 0.2) is 0 Å². The van der Waals surface area contributed by atoms with Crippen LogP contribution in [0.4, 0.5) is 0 Å². The minimum Gasteiger partial charge on any atom is -0.465 e. The Kier molecular flexibility index (Phi) is 9.91. The van der Waals surface area contributed by atoms with E-state index < -0.39 is 46.6 Å². The van der Waals surface area contributed by atoms with Gasteiger partial charge in [-0.3, -0.25) is 14.4 Å². The van der Waals surface area contributed by atoms with E-state index in [0.717, 1.165) is 12.8 Å². The predicted octanol–water partition coefficient (Wildman–Crippen LogP) is 4.90. The molecule has 232 valence electrons. The summed E-state index contributed by atoms with van der Waals surface area (Å²) in [5.41, 5.74) is -2.70. The molecular weight excluding hydrogens is 520 g/mol. The van der Waals surface area contributed by atoms with E-state index in [0.29, 0.717) is 32.2 Å². The van der Waals surface area contributed by atoms with Gasteiger partial charge in [0.05, 0.1) is 30.8 Å². The van der Waals surface area contributed by atoms with E-state index in [9.17, 15) is 19.5 Å². The van der Waals surface area contributed by atoms with Gasteiger partial charge in [0.2, 0.25) is 11.8 Å². The minimum absolute atomic E-state index is 0.0597. The van der Waals surface area contributed by atoms with Gasteiger partial charge in [-0.15, -0.1) is 13.2 Å². The number of ether oxygens (including phenoxy) is 2. The van der Waals surface area contributed by atoms with Gasteiger partial charge in [-0.1, -0.05) is 53.2 Å². The molecule has 0 aromatic heterocycles. The maximum Gasteiger partial charge on any atom is 0.312 e. The van der Waals surface area contributed by atoms with Gasteiger partial charge in [0.1, 0.15) is 17.6 Å². The molecule has 3 fully saturated rings. The predicted molar refractivity (Wildman–Crippen MR) is 160 cm³/mol. The highest BCUT2D eigenvalue weighted by atomic mass is 16.6. The molecule has 0 aliphatic carbocycles. The van der Waals surface area contributed by atoms with E-state index in [1.165, 1.54) is 0 Å². The molecule has 3 aliphatic heterocycles. The van der Waals surface area contributed by atoms with Crippen LogP contribution in [0.5, 0.6) is 0 Å². The maximum absolute atomic E-state index is 14.9. The van der Waals surface area contributed by atoms with Crippen molar-refractivity contribution in [2.24, 2.45) is 23.2 Å².